The number of aryl methyl sites for hydroxylation is 2. The number of hydrogen-bond acceptors (Lipinski definition) is 3. The molecule has 0 saturated heterocycles. The fourth-order valence-electron chi connectivity index (χ4n) is 2.25. The van der Waals surface area contributed by atoms with Crippen LogP contribution in [0.1, 0.15) is 18.1 Å². The number of nitrogens with zero attached hydrogens (tertiary/aromatic N) is 1. The van der Waals surface area contributed by atoms with Crippen molar-refractivity contribution in [3.63, 3.8) is 0 Å². The molecule has 0 aliphatic rings. The summed E-state index contributed by atoms with van der Waals surface area (Å²) >= 11 is 5.59. The molecular formula is C17H18ClNO3S. The number of benzene rings is 2. The molecule has 0 spiro atoms. The van der Waals surface area contributed by atoms with Crippen LogP contribution in [0.3, 0.4) is 0 Å². The molecule has 0 aliphatic carbocycles. The number of rotatable bonds is 5. The van der Waals surface area contributed by atoms with Crippen LogP contribution in [0.15, 0.2) is 53.4 Å². The van der Waals surface area contributed by atoms with Crippen molar-refractivity contribution in [1.29, 1.82) is 0 Å². The highest BCUT2D eigenvalue weighted by atomic mass is 35.5. The highest BCUT2D eigenvalue weighted by molar-refractivity contribution is 7.93. The van der Waals surface area contributed by atoms with Gasteiger partial charge in [-0.2, -0.15) is 0 Å². The molecule has 0 fully saturated rings. The summed E-state index contributed by atoms with van der Waals surface area (Å²) < 4.78 is 27.1. The molecule has 0 aliphatic heterocycles. The highest BCUT2D eigenvalue weighted by Crippen LogP contribution is 2.27. The Balaban J connectivity index is 2.61. The third kappa shape index (κ3) is 3.74. The molecular weight excluding hydrogens is 334 g/mol. The Morgan fingerprint density at radius 2 is 1.65 bits per heavy atom. The number of carbonyl (C=O) groups excluding carboxylic acids is 1. The van der Waals surface area contributed by atoms with E-state index in [0.29, 0.717) is 5.69 Å². The van der Waals surface area contributed by atoms with E-state index < -0.39 is 21.3 Å². The maximum Gasteiger partial charge on any atom is 0.265 e. The minimum atomic E-state index is -3.90. The molecule has 122 valence electrons. The predicted octanol–water partition coefficient (Wildman–Crippen LogP) is 3.65. The van der Waals surface area contributed by atoms with E-state index >= 15 is 0 Å². The molecule has 6 heteroatoms. The maximum absolute atomic E-state index is 13.0. The third-order valence-corrected chi connectivity index (χ3v) is 5.74. The Hall–Kier alpha value is -1.85. The van der Waals surface area contributed by atoms with Crippen molar-refractivity contribution in [1.82, 2.24) is 0 Å². The van der Waals surface area contributed by atoms with Crippen LogP contribution in [0.2, 0.25) is 0 Å². The fraction of sp³-hybridized carbons (Fsp3) is 0.235. The van der Waals surface area contributed by atoms with E-state index in [-0.39, 0.29) is 4.90 Å². The zero-order chi connectivity index (χ0) is 17.2. The minimum Gasteiger partial charge on any atom is -0.279 e. The molecule has 0 amide bonds. The smallest absolute Gasteiger partial charge is 0.265 e. The molecule has 1 atom stereocenters. The fourth-order valence-corrected chi connectivity index (χ4v) is 4.02. The highest BCUT2D eigenvalue weighted by Gasteiger charge is 2.32. The van der Waals surface area contributed by atoms with Gasteiger partial charge in [-0.05, 0) is 62.2 Å². The zero-order valence-electron chi connectivity index (χ0n) is 13.2. The van der Waals surface area contributed by atoms with Gasteiger partial charge in [-0.3, -0.25) is 9.10 Å². The summed E-state index contributed by atoms with van der Waals surface area (Å²) in [6, 6.07) is 12.4. The second-order valence-corrected chi connectivity index (χ2v) is 7.62. The van der Waals surface area contributed by atoms with Gasteiger partial charge < -0.3 is 0 Å². The molecule has 0 radical (unpaired) electrons. The quantitative estimate of drug-likeness (QED) is 0.772. The number of sulfonamides is 1. The van der Waals surface area contributed by atoms with E-state index in [4.69, 9.17) is 11.6 Å². The lowest BCUT2D eigenvalue weighted by molar-refractivity contribution is -0.112. The molecule has 1 unspecified atom stereocenters. The van der Waals surface area contributed by atoms with Crippen molar-refractivity contribution < 1.29 is 13.2 Å². The summed E-state index contributed by atoms with van der Waals surface area (Å²) in [5.74, 6) is 0. The Morgan fingerprint density at radius 1 is 1.04 bits per heavy atom. The van der Waals surface area contributed by atoms with Gasteiger partial charge in [0.25, 0.3) is 10.0 Å². The van der Waals surface area contributed by atoms with E-state index in [1.54, 1.807) is 30.3 Å². The zero-order valence-corrected chi connectivity index (χ0v) is 14.7. The van der Waals surface area contributed by atoms with Gasteiger partial charge >= 0.3 is 0 Å². The second-order valence-electron chi connectivity index (χ2n) is 5.43. The minimum absolute atomic E-state index is 0.120. The van der Waals surface area contributed by atoms with Crippen LogP contribution >= 0.6 is 11.6 Å². The lowest BCUT2D eigenvalue weighted by Crippen LogP contribution is -2.42. The van der Waals surface area contributed by atoms with Crippen LogP contribution in [-0.4, -0.2) is 19.7 Å². The van der Waals surface area contributed by atoms with Gasteiger partial charge in [-0.15, -0.1) is 0 Å². The second kappa shape index (κ2) is 6.72. The van der Waals surface area contributed by atoms with Crippen LogP contribution < -0.4 is 4.31 Å². The third-order valence-electron chi connectivity index (χ3n) is 3.51. The van der Waals surface area contributed by atoms with Crippen LogP contribution in [0.5, 0.6) is 0 Å². The molecule has 23 heavy (non-hydrogen) atoms. The van der Waals surface area contributed by atoms with Crippen LogP contribution in [-0.2, 0) is 14.8 Å². The maximum atomic E-state index is 13.0. The molecule has 4 nitrogen and oxygen atoms in total. The first kappa shape index (κ1) is 17.5. The lowest BCUT2D eigenvalue weighted by atomic mass is 10.2. The Kier molecular flexibility index (Phi) is 5.12. The standard InChI is InChI=1S/C17H18ClNO3S/c1-12-7-9-16(10-8-12)23(21,22)19(14(3)17(18)20)15-6-4-5-13(2)11-15/h4-11,14H,1-3H3. The monoisotopic (exact) mass is 351 g/mol. The van der Waals surface area contributed by atoms with Gasteiger partial charge in [-0.1, -0.05) is 29.8 Å². The molecule has 0 N–H and O–H groups in total. The number of carbonyl (C=O) groups is 1. The number of halogens is 1. The summed E-state index contributed by atoms with van der Waals surface area (Å²) in [5, 5.41) is -0.734. The van der Waals surface area contributed by atoms with Crippen molar-refractivity contribution in [2.24, 2.45) is 0 Å². The predicted molar refractivity (Wildman–Crippen MR) is 92.3 cm³/mol. The van der Waals surface area contributed by atoms with Crippen molar-refractivity contribution in [3.8, 4) is 0 Å². The Labute approximate surface area is 141 Å². The van der Waals surface area contributed by atoms with Gasteiger partial charge in [0, 0.05) is 0 Å². The SMILES string of the molecule is Cc1ccc(S(=O)(=O)N(c2cccc(C)c2)C(C)C(=O)Cl)cc1. The Bertz CT molecular complexity index is 816. The van der Waals surface area contributed by atoms with E-state index in [1.807, 2.05) is 19.9 Å². The van der Waals surface area contributed by atoms with Crippen LogP contribution in [0.4, 0.5) is 5.69 Å². The first-order valence-corrected chi connectivity index (χ1v) is 8.92. The first-order chi connectivity index (χ1) is 10.7. The van der Waals surface area contributed by atoms with Gasteiger partial charge in [0.15, 0.2) is 0 Å². The molecule has 2 aromatic carbocycles. The summed E-state index contributed by atoms with van der Waals surface area (Å²) in [6.45, 7) is 5.20. The largest absolute Gasteiger partial charge is 0.279 e. The number of hydrogen-bond donors (Lipinski definition) is 0. The van der Waals surface area contributed by atoms with Gasteiger partial charge in [0.2, 0.25) is 5.24 Å². The van der Waals surface area contributed by atoms with Crippen LogP contribution in [0, 0.1) is 13.8 Å². The molecule has 0 aromatic heterocycles. The molecule has 2 aromatic rings. The summed E-state index contributed by atoms with van der Waals surface area (Å²) in [5.41, 5.74) is 2.25. The van der Waals surface area contributed by atoms with E-state index in [2.05, 4.69) is 0 Å². The van der Waals surface area contributed by atoms with Crippen LogP contribution in [0.25, 0.3) is 0 Å². The summed E-state index contributed by atoms with van der Waals surface area (Å²) in [6.07, 6.45) is 0. The lowest BCUT2D eigenvalue weighted by Gasteiger charge is -2.28. The van der Waals surface area contributed by atoms with Gasteiger partial charge in [-0.25, -0.2) is 8.42 Å². The summed E-state index contributed by atoms with van der Waals surface area (Å²) in [7, 11) is -3.90. The van der Waals surface area contributed by atoms with Gasteiger partial charge in [0.1, 0.15) is 6.04 Å². The molecule has 0 heterocycles. The first-order valence-electron chi connectivity index (χ1n) is 7.10. The summed E-state index contributed by atoms with van der Waals surface area (Å²) in [4.78, 5) is 11.8. The molecule has 0 bridgehead atoms. The van der Waals surface area contributed by atoms with Crippen molar-refractivity contribution >= 4 is 32.6 Å². The number of anilines is 1. The topological polar surface area (TPSA) is 54.5 Å². The van der Waals surface area contributed by atoms with E-state index in [0.717, 1.165) is 15.4 Å². The van der Waals surface area contributed by atoms with Crippen molar-refractivity contribution in [2.75, 3.05) is 4.31 Å². The average molecular weight is 352 g/mol. The average Bonchev–Trinajstić information content (AvgIpc) is 2.47. The van der Waals surface area contributed by atoms with Crippen molar-refractivity contribution in [3.05, 3.63) is 59.7 Å². The normalized spacial score (nSPS) is 12.7. The van der Waals surface area contributed by atoms with Gasteiger partial charge in [0.05, 0.1) is 10.6 Å². The van der Waals surface area contributed by atoms with E-state index in [1.165, 1.54) is 19.1 Å². The van der Waals surface area contributed by atoms with E-state index in [9.17, 15) is 13.2 Å². The Morgan fingerprint density at radius 3 is 2.17 bits per heavy atom. The molecule has 2 rings (SSSR count). The molecule has 0 saturated carbocycles. The van der Waals surface area contributed by atoms with Crippen molar-refractivity contribution in [2.45, 2.75) is 31.7 Å².